The van der Waals surface area contributed by atoms with E-state index in [9.17, 15) is 4.39 Å². The van der Waals surface area contributed by atoms with E-state index in [0.717, 1.165) is 23.1 Å². The topological polar surface area (TPSA) is 51.8 Å². The van der Waals surface area contributed by atoms with Crippen LogP contribution in [0.1, 0.15) is 18.1 Å². The van der Waals surface area contributed by atoms with Gasteiger partial charge in [-0.3, -0.25) is 0 Å². The van der Waals surface area contributed by atoms with Gasteiger partial charge in [0.2, 0.25) is 0 Å². The summed E-state index contributed by atoms with van der Waals surface area (Å²) in [6, 6.07) is 4.69. The van der Waals surface area contributed by atoms with Gasteiger partial charge in [0.25, 0.3) is 0 Å². The number of hydrogen-bond acceptors (Lipinski definition) is 3. The van der Waals surface area contributed by atoms with Crippen molar-refractivity contribution in [3.63, 3.8) is 0 Å². The first-order valence-electron chi connectivity index (χ1n) is 5.89. The van der Waals surface area contributed by atoms with E-state index in [0.29, 0.717) is 5.82 Å². The van der Waals surface area contributed by atoms with Gasteiger partial charge in [-0.1, -0.05) is 6.07 Å². The lowest BCUT2D eigenvalue weighted by molar-refractivity contribution is 0.627. The summed E-state index contributed by atoms with van der Waals surface area (Å²) in [5.41, 5.74) is 8.38. The molecule has 2 rings (SSSR count). The van der Waals surface area contributed by atoms with E-state index in [1.54, 1.807) is 18.5 Å². The second-order valence-electron chi connectivity index (χ2n) is 4.56. The zero-order valence-electron chi connectivity index (χ0n) is 10.5. The molecule has 1 atom stereocenters. The van der Waals surface area contributed by atoms with Crippen LogP contribution in [0.2, 0.25) is 0 Å². The van der Waals surface area contributed by atoms with E-state index in [1.165, 1.54) is 12.1 Å². The fraction of sp³-hybridized carbons (Fsp3) is 0.286. The van der Waals surface area contributed by atoms with Crippen LogP contribution < -0.4 is 5.73 Å². The summed E-state index contributed by atoms with van der Waals surface area (Å²) in [4.78, 5) is 8.54. The summed E-state index contributed by atoms with van der Waals surface area (Å²) in [6.07, 6.45) is 4.23. The molecule has 0 saturated heterocycles. The quantitative estimate of drug-likeness (QED) is 0.903. The highest BCUT2D eigenvalue weighted by Gasteiger charge is 2.07. The van der Waals surface area contributed by atoms with Crippen molar-refractivity contribution >= 4 is 0 Å². The maximum absolute atomic E-state index is 13.2. The zero-order valence-corrected chi connectivity index (χ0v) is 10.5. The number of nitrogens with two attached hydrogens (primary N) is 1. The predicted octanol–water partition coefficient (Wildman–Crippen LogP) is 2.48. The summed E-state index contributed by atoms with van der Waals surface area (Å²) >= 11 is 0. The predicted molar refractivity (Wildman–Crippen MR) is 69.5 cm³/mol. The number of hydrogen-bond donors (Lipinski definition) is 1. The average molecular weight is 245 g/mol. The first-order valence-corrected chi connectivity index (χ1v) is 5.89. The zero-order chi connectivity index (χ0) is 13.1. The van der Waals surface area contributed by atoms with Crippen LogP contribution in [0.25, 0.3) is 11.4 Å². The van der Waals surface area contributed by atoms with Gasteiger partial charge in [0.1, 0.15) is 5.82 Å². The van der Waals surface area contributed by atoms with Gasteiger partial charge in [-0.05, 0) is 43.5 Å². The van der Waals surface area contributed by atoms with E-state index >= 15 is 0 Å². The number of rotatable bonds is 3. The molecule has 0 radical (unpaired) electrons. The van der Waals surface area contributed by atoms with Crippen molar-refractivity contribution in [2.24, 2.45) is 5.73 Å². The third kappa shape index (κ3) is 2.90. The molecule has 0 saturated carbocycles. The van der Waals surface area contributed by atoms with E-state index in [1.807, 2.05) is 13.8 Å². The summed E-state index contributed by atoms with van der Waals surface area (Å²) in [5, 5.41) is 0. The van der Waals surface area contributed by atoms with Crippen LogP contribution in [0.5, 0.6) is 0 Å². The Morgan fingerprint density at radius 2 is 1.94 bits per heavy atom. The normalized spacial score (nSPS) is 12.4. The van der Waals surface area contributed by atoms with Gasteiger partial charge in [0.05, 0.1) is 0 Å². The first kappa shape index (κ1) is 12.6. The van der Waals surface area contributed by atoms with Crippen molar-refractivity contribution in [2.45, 2.75) is 26.3 Å². The minimum atomic E-state index is -0.279. The molecule has 0 aliphatic heterocycles. The Kier molecular flexibility index (Phi) is 3.67. The summed E-state index contributed by atoms with van der Waals surface area (Å²) in [5.74, 6) is 0.263. The van der Waals surface area contributed by atoms with Crippen LogP contribution in [-0.4, -0.2) is 16.0 Å². The lowest BCUT2D eigenvalue weighted by atomic mass is 10.1. The molecular weight excluding hydrogens is 229 g/mol. The van der Waals surface area contributed by atoms with Gasteiger partial charge >= 0.3 is 0 Å². The highest BCUT2D eigenvalue weighted by atomic mass is 19.1. The Balaban J connectivity index is 2.31. The lowest BCUT2D eigenvalue weighted by Crippen LogP contribution is -2.18. The van der Waals surface area contributed by atoms with Crippen molar-refractivity contribution < 1.29 is 4.39 Å². The number of halogens is 1. The second kappa shape index (κ2) is 5.23. The highest BCUT2D eigenvalue weighted by molar-refractivity contribution is 5.59. The molecule has 2 N–H and O–H groups in total. The number of benzene rings is 1. The van der Waals surface area contributed by atoms with Gasteiger partial charge < -0.3 is 5.73 Å². The third-order valence-corrected chi connectivity index (χ3v) is 2.70. The molecule has 1 aromatic heterocycles. The summed E-state index contributed by atoms with van der Waals surface area (Å²) in [7, 11) is 0. The minimum absolute atomic E-state index is 0.0790. The summed E-state index contributed by atoms with van der Waals surface area (Å²) < 4.78 is 13.2. The third-order valence-electron chi connectivity index (χ3n) is 2.70. The van der Waals surface area contributed by atoms with Gasteiger partial charge in [0.15, 0.2) is 5.82 Å². The minimum Gasteiger partial charge on any atom is -0.328 e. The molecule has 1 unspecified atom stereocenters. The van der Waals surface area contributed by atoms with E-state index in [4.69, 9.17) is 5.73 Å². The average Bonchev–Trinajstić information content (AvgIpc) is 2.33. The van der Waals surface area contributed by atoms with Crippen molar-refractivity contribution in [3.8, 4) is 11.4 Å². The molecule has 0 spiro atoms. The van der Waals surface area contributed by atoms with Crippen LogP contribution in [0, 0.1) is 12.7 Å². The monoisotopic (exact) mass is 245 g/mol. The lowest BCUT2D eigenvalue weighted by Gasteiger charge is -2.07. The van der Waals surface area contributed by atoms with E-state index < -0.39 is 0 Å². The van der Waals surface area contributed by atoms with Gasteiger partial charge in [0, 0.05) is 24.0 Å². The van der Waals surface area contributed by atoms with Crippen LogP contribution in [0.3, 0.4) is 0 Å². The fourth-order valence-corrected chi connectivity index (χ4v) is 1.81. The highest BCUT2D eigenvalue weighted by Crippen LogP contribution is 2.20. The standard InChI is InChI=1S/C14H16FN3/c1-9-3-4-12(15)6-13(9)14-17-7-11(8-18-14)5-10(2)16/h3-4,6-8,10H,5,16H2,1-2H3. The number of nitrogens with zero attached hydrogens (tertiary/aromatic N) is 2. The van der Waals surface area contributed by atoms with Crippen LogP contribution in [0.4, 0.5) is 4.39 Å². The molecule has 4 heteroatoms. The molecule has 0 bridgehead atoms. The molecule has 0 aliphatic carbocycles. The van der Waals surface area contributed by atoms with Crippen molar-refractivity contribution in [1.29, 1.82) is 0 Å². The molecular formula is C14H16FN3. The van der Waals surface area contributed by atoms with Gasteiger partial charge in [-0.2, -0.15) is 0 Å². The Bertz CT molecular complexity index is 535. The molecule has 1 aromatic carbocycles. The molecule has 3 nitrogen and oxygen atoms in total. The Morgan fingerprint density at radius 1 is 1.28 bits per heavy atom. The van der Waals surface area contributed by atoms with Crippen LogP contribution in [0.15, 0.2) is 30.6 Å². The SMILES string of the molecule is Cc1ccc(F)cc1-c1ncc(CC(C)N)cn1. The van der Waals surface area contributed by atoms with Crippen LogP contribution in [-0.2, 0) is 6.42 Å². The first-order chi connectivity index (χ1) is 8.56. The maximum Gasteiger partial charge on any atom is 0.159 e. The van der Waals surface area contributed by atoms with Crippen molar-refractivity contribution in [1.82, 2.24) is 9.97 Å². The van der Waals surface area contributed by atoms with Crippen molar-refractivity contribution in [3.05, 3.63) is 47.5 Å². The Hall–Kier alpha value is -1.81. The molecule has 18 heavy (non-hydrogen) atoms. The molecule has 0 fully saturated rings. The maximum atomic E-state index is 13.2. The molecule has 94 valence electrons. The fourth-order valence-electron chi connectivity index (χ4n) is 1.81. The Morgan fingerprint density at radius 3 is 2.56 bits per heavy atom. The Labute approximate surface area is 106 Å². The van der Waals surface area contributed by atoms with Gasteiger partial charge in [-0.15, -0.1) is 0 Å². The largest absolute Gasteiger partial charge is 0.328 e. The molecule has 0 amide bonds. The van der Waals surface area contributed by atoms with Gasteiger partial charge in [-0.25, -0.2) is 14.4 Å². The second-order valence-corrected chi connectivity index (χ2v) is 4.56. The molecule has 1 heterocycles. The smallest absolute Gasteiger partial charge is 0.159 e. The summed E-state index contributed by atoms with van der Waals surface area (Å²) in [6.45, 7) is 3.85. The van der Waals surface area contributed by atoms with E-state index in [-0.39, 0.29) is 11.9 Å². The number of aryl methyl sites for hydroxylation is 1. The molecule has 0 aliphatic rings. The van der Waals surface area contributed by atoms with E-state index in [2.05, 4.69) is 9.97 Å². The van der Waals surface area contributed by atoms with Crippen molar-refractivity contribution in [2.75, 3.05) is 0 Å². The van der Waals surface area contributed by atoms with Crippen LogP contribution >= 0.6 is 0 Å². The number of aromatic nitrogens is 2. The molecule has 2 aromatic rings.